The Morgan fingerprint density at radius 1 is 1.24 bits per heavy atom. The molecule has 0 saturated carbocycles. The number of thioether (sulfide) groups is 1. The average molecular weight is 414 g/mol. The zero-order valence-electron chi connectivity index (χ0n) is 16.6. The highest BCUT2D eigenvalue weighted by Crippen LogP contribution is 2.25. The summed E-state index contributed by atoms with van der Waals surface area (Å²) in [6.45, 7) is 4.14. The maximum Gasteiger partial charge on any atom is 0.230 e. The van der Waals surface area contributed by atoms with E-state index in [-0.39, 0.29) is 29.4 Å². The molecule has 0 aliphatic rings. The van der Waals surface area contributed by atoms with E-state index < -0.39 is 0 Å². The number of carbonyl (C=O) groups is 1. The number of hydrogen-bond donors (Lipinski definition) is 1. The molecule has 29 heavy (non-hydrogen) atoms. The predicted octanol–water partition coefficient (Wildman–Crippen LogP) is 4.63. The summed E-state index contributed by atoms with van der Waals surface area (Å²) in [7, 11) is 1.63. The molecule has 2 aromatic carbocycles. The van der Waals surface area contributed by atoms with Gasteiger partial charge in [-0.15, -0.1) is 0 Å². The van der Waals surface area contributed by atoms with Gasteiger partial charge in [-0.05, 0) is 41.8 Å². The van der Waals surface area contributed by atoms with Crippen LogP contribution in [0.3, 0.4) is 0 Å². The third kappa shape index (κ3) is 5.38. The number of rotatable bonds is 8. The highest BCUT2D eigenvalue weighted by molar-refractivity contribution is 7.99. The number of hydrogen-bond acceptors (Lipinski definition) is 4. The molecule has 0 saturated heterocycles. The first-order chi connectivity index (χ1) is 14.0. The topological polar surface area (TPSA) is 56.1 Å². The molecule has 1 aromatic heterocycles. The van der Waals surface area contributed by atoms with E-state index in [1.165, 1.54) is 23.9 Å². The van der Waals surface area contributed by atoms with Gasteiger partial charge in [0.15, 0.2) is 5.16 Å². The van der Waals surface area contributed by atoms with Crippen molar-refractivity contribution in [2.45, 2.75) is 25.0 Å². The lowest BCUT2D eigenvalue weighted by molar-refractivity contribution is -0.119. The average Bonchev–Trinajstić information content (AvgIpc) is 3.19. The van der Waals surface area contributed by atoms with E-state index in [0.717, 1.165) is 11.3 Å². The number of halogens is 1. The lowest BCUT2D eigenvalue weighted by Gasteiger charge is -2.23. The smallest absolute Gasteiger partial charge is 0.230 e. The van der Waals surface area contributed by atoms with Crippen LogP contribution in [0.2, 0.25) is 0 Å². The molecule has 0 fully saturated rings. The summed E-state index contributed by atoms with van der Waals surface area (Å²) in [5.74, 6) is 0.822. The minimum Gasteiger partial charge on any atom is -0.497 e. The quantitative estimate of drug-likeness (QED) is 0.547. The van der Waals surface area contributed by atoms with Crippen molar-refractivity contribution < 1.29 is 13.9 Å². The van der Waals surface area contributed by atoms with Crippen molar-refractivity contribution in [2.75, 3.05) is 12.9 Å². The van der Waals surface area contributed by atoms with Gasteiger partial charge in [0.2, 0.25) is 5.91 Å². The van der Waals surface area contributed by atoms with Crippen LogP contribution in [0.15, 0.2) is 66.1 Å². The second kappa shape index (κ2) is 9.60. The Morgan fingerprint density at radius 2 is 2.00 bits per heavy atom. The van der Waals surface area contributed by atoms with Gasteiger partial charge >= 0.3 is 0 Å². The fraction of sp³-hybridized carbons (Fsp3) is 0.273. The lowest BCUT2D eigenvalue weighted by Crippen LogP contribution is -2.33. The van der Waals surface area contributed by atoms with E-state index in [1.807, 2.05) is 24.3 Å². The summed E-state index contributed by atoms with van der Waals surface area (Å²) in [5.41, 5.74) is 1.70. The van der Waals surface area contributed by atoms with Gasteiger partial charge in [0, 0.05) is 12.4 Å². The van der Waals surface area contributed by atoms with Gasteiger partial charge in [-0.3, -0.25) is 9.36 Å². The Balaban J connectivity index is 1.65. The molecule has 1 atom stereocenters. The summed E-state index contributed by atoms with van der Waals surface area (Å²) in [4.78, 5) is 16.9. The predicted molar refractivity (Wildman–Crippen MR) is 113 cm³/mol. The molecular formula is C22H24FN3O2S. The third-order valence-corrected chi connectivity index (χ3v) is 5.45. The SMILES string of the molecule is COc1ccc(C(NC(=O)CSc2nccn2-c2cccc(F)c2)C(C)C)cc1. The Labute approximate surface area is 174 Å². The molecule has 0 aliphatic carbocycles. The van der Waals surface area contributed by atoms with E-state index in [9.17, 15) is 9.18 Å². The summed E-state index contributed by atoms with van der Waals surface area (Å²) < 4.78 is 20.5. The molecule has 5 nitrogen and oxygen atoms in total. The maximum absolute atomic E-state index is 13.5. The first-order valence-electron chi connectivity index (χ1n) is 9.33. The molecule has 1 N–H and O–H groups in total. The van der Waals surface area contributed by atoms with Crippen LogP contribution in [-0.4, -0.2) is 28.3 Å². The Bertz CT molecular complexity index is 957. The van der Waals surface area contributed by atoms with E-state index in [0.29, 0.717) is 10.8 Å². The van der Waals surface area contributed by atoms with Gasteiger partial charge in [0.25, 0.3) is 0 Å². The van der Waals surface area contributed by atoms with Crippen LogP contribution >= 0.6 is 11.8 Å². The minimum absolute atomic E-state index is 0.0849. The summed E-state index contributed by atoms with van der Waals surface area (Å²) in [6, 6.07) is 13.9. The number of aromatic nitrogens is 2. The standard InChI is InChI=1S/C22H24FN3O2S/c1-15(2)21(16-7-9-19(28-3)10-8-16)25-20(27)14-29-22-24-11-12-26(22)18-6-4-5-17(23)13-18/h4-13,15,21H,14H2,1-3H3,(H,25,27). The number of amides is 1. The first kappa shape index (κ1) is 20.9. The zero-order valence-corrected chi connectivity index (χ0v) is 17.4. The zero-order chi connectivity index (χ0) is 20.8. The fourth-order valence-corrected chi connectivity index (χ4v) is 3.79. The van der Waals surface area contributed by atoms with Crippen molar-refractivity contribution >= 4 is 17.7 Å². The molecule has 3 rings (SSSR count). The van der Waals surface area contributed by atoms with Crippen LogP contribution in [0.4, 0.5) is 4.39 Å². The van der Waals surface area contributed by atoms with Crippen molar-refractivity contribution in [3.8, 4) is 11.4 Å². The molecule has 0 radical (unpaired) electrons. The van der Waals surface area contributed by atoms with Crippen molar-refractivity contribution in [3.63, 3.8) is 0 Å². The fourth-order valence-electron chi connectivity index (χ4n) is 3.01. The largest absolute Gasteiger partial charge is 0.497 e. The first-order valence-corrected chi connectivity index (χ1v) is 10.3. The number of benzene rings is 2. The van der Waals surface area contributed by atoms with E-state index in [2.05, 4.69) is 24.1 Å². The second-order valence-electron chi connectivity index (χ2n) is 6.91. The molecule has 0 aliphatic heterocycles. The second-order valence-corrected chi connectivity index (χ2v) is 7.85. The highest BCUT2D eigenvalue weighted by atomic mass is 32.2. The van der Waals surface area contributed by atoms with E-state index in [1.54, 1.807) is 36.2 Å². The Hall–Kier alpha value is -2.80. The Morgan fingerprint density at radius 3 is 2.66 bits per heavy atom. The molecule has 1 heterocycles. The normalized spacial score (nSPS) is 12.0. The van der Waals surface area contributed by atoms with Crippen molar-refractivity contribution in [1.82, 2.24) is 14.9 Å². The van der Waals surface area contributed by atoms with Gasteiger partial charge < -0.3 is 10.1 Å². The number of imidazole rings is 1. The minimum atomic E-state index is -0.316. The van der Waals surface area contributed by atoms with Crippen molar-refractivity contribution in [3.05, 3.63) is 72.3 Å². The number of ether oxygens (including phenoxy) is 1. The molecular weight excluding hydrogens is 389 g/mol. The lowest BCUT2D eigenvalue weighted by atomic mass is 9.96. The van der Waals surface area contributed by atoms with Gasteiger partial charge in [-0.1, -0.05) is 43.8 Å². The molecule has 152 valence electrons. The highest BCUT2D eigenvalue weighted by Gasteiger charge is 2.19. The molecule has 0 bridgehead atoms. The van der Waals surface area contributed by atoms with Crippen LogP contribution in [0.5, 0.6) is 5.75 Å². The number of methoxy groups -OCH3 is 1. The summed E-state index contributed by atoms with van der Waals surface area (Å²) >= 11 is 1.31. The number of nitrogens with one attached hydrogen (secondary N) is 1. The third-order valence-electron chi connectivity index (χ3n) is 4.48. The molecule has 1 amide bonds. The number of carbonyl (C=O) groups excluding carboxylic acids is 1. The van der Waals surface area contributed by atoms with Crippen molar-refractivity contribution in [1.29, 1.82) is 0 Å². The maximum atomic E-state index is 13.5. The molecule has 0 spiro atoms. The molecule has 1 unspecified atom stereocenters. The Kier molecular flexibility index (Phi) is 6.93. The number of nitrogens with zero attached hydrogens (tertiary/aromatic N) is 2. The van der Waals surface area contributed by atoms with Gasteiger partial charge in [-0.25, -0.2) is 9.37 Å². The van der Waals surface area contributed by atoms with Crippen LogP contribution in [-0.2, 0) is 4.79 Å². The van der Waals surface area contributed by atoms with Gasteiger partial charge in [-0.2, -0.15) is 0 Å². The summed E-state index contributed by atoms with van der Waals surface area (Å²) in [6.07, 6.45) is 3.39. The monoisotopic (exact) mass is 413 g/mol. The molecule has 3 aromatic rings. The van der Waals surface area contributed by atoms with Gasteiger partial charge in [0.05, 0.1) is 24.6 Å². The van der Waals surface area contributed by atoms with Crippen LogP contribution < -0.4 is 10.1 Å². The van der Waals surface area contributed by atoms with E-state index in [4.69, 9.17) is 4.74 Å². The van der Waals surface area contributed by atoms with Crippen LogP contribution in [0, 0.1) is 11.7 Å². The van der Waals surface area contributed by atoms with Crippen molar-refractivity contribution in [2.24, 2.45) is 5.92 Å². The van der Waals surface area contributed by atoms with Gasteiger partial charge in [0.1, 0.15) is 11.6 Å². The van der Waals surface area contributed by atoms with E-state index >= 15 is 0 Å². The van der Waals surface area contributed by atoms with Crippen LogP contribution in [0.25, 0.3) is 5.69 Å². The summed E-state index contributed by atoms with van der Waals surface area (Å²) in [5, 5.41) is 3.74. The van der Waals surface area contributed by atoms with Crippen LogP contribution in [0.1, 0.15) is 25.5 Å². The molecule has 7 heteroatoms.